The number of hydrogen-bond acceptors (Lipinski definition) is 6. The molecule has 1 unspecified atom stereocenters. The molecule has 0 heterocycles. The van der Waals surface area contributed by atoms with E-state index in [1.807, 2.05) is 84.9 Å². The second kappa shape index (κ2) is 32.6. The smallest absolute Gasteiger partial charge is 0.343 e. The molecule has 2 atom stereocenters. The normalized spacial score (nSPS) is 19.9. The molecule has 0 spiro atoms. The van der Waals surface area contributed by atoms with Crippen molar-refractivity contribution in [1.29, 1.82) is 0 Å². The van der Waals surface area contributed by atoms with Crippen molar-refractivity contribution in [2.75, 3.05) is 13.2 Å². The van der Waals surface area contributed by atoms with Gasteiger partial charge in [0.15, 0.2) is 0 Å². The van der Waals surface area contributed by atoms with Crippen LogP contribution in [-0.2, 0) is 0 Å². The maximum atomic E-state index is 14.8. The highest BCUT2D eigenvalue weighted by Crippen LogP contribution is 2.49. The quantitative estimate of drug-likeness (QED) is 0.0290. The van der Waals surface area contributed by atoms with Crippen LogP contribution in [0.1, 0.15) is 226 Å². The molecule has 0 N–H and O–H groups in total. The van der Waals surface area contributed by atoms with Gasteiger partial charge in [-0.1, -0.05) is 215 Å². The molecule has 8 aromatic rings. The molecule has 2 saturated carbocycles. The van der Waals surface area contributed by atoms with Gasteiger partial charge < -0.3 is 18.9 Å². The van der Waals surface area contributed by atoms with E-state index >= 15 is 0 Å². The second-order valence-electron chi connectivity index (χ2n) is 28.2. The van der Waals surface area contributed by atoms with E-state index in [1.54, 1.807) is 0 Å². The molecule has 2 fully saturated rings. The maximum Gasteiger partial charge on any atom is 0.343 e. The molecular formula is C88H102O6. The Morgan fingerprint density at radius 1 is 0.362 bits per heavy atom. The predicted octanol–water partition coefficient (Wildman–Crippen LogP) is 24.9. The number of carbonyl (C=O) groups excluding carboxylic acids is 2. The van der Waals surface area contributed by atoms with Crippen LogP contribution in [0.15, 0.2) is 170 Å². The predicted molar refractivity (Wildman–Crippen MR) is 391 cm³/mol. The second-order valence-corrected chi connectivity index (χ2v) is 28.2. The lowest BCUT2D eigenvalue weighted by molar-refractivity contribution is 0.0723. The Kier molecular flexibility index (Phi) is 23.0. The van der Waals surface area contributed by atoms with Gasteiger partial charge in [0.2, 0.25) is 0 Å². The number of unbranched alkanes of at least 4 members (excludes halogenated alkanes) is 6. The van der Waals surface area contributed by atoms with E-state index in [-0.39, 0.29) is 0 Å². The highest BCUT2D eigenvalue weighted by molar-refractivity contribution is 6.12. The van der Waals surface area contributed by atoms with Crippen molar-refractivity contribution in [1.82, 2.24) is 0 Å². The molecule has 0 amide bonds. The standard InChI is InChI=1S/C88H102O6/c1-5-9-11-13-57-91-79-49-41-69(42-50-79)67-33-37-73(38-34-67)87(89)93-83-55-47-77-59-75(71-29-25-65(26-30-71)63-21-17-61(15-7-3)18-22-63)45-53-81(77)85(83)86-82-54-46-76(72-31-27-66(28-32-72)64-23-19-62(16-8-4)20-24-64)60-78(82)48-56-84(86)94-88(90)74-39-35-68(36-40-74)70-43-51-80(52-44-70)92-58-14-12-10-6-2/h29,31,33-56,59-66H,5-28,30,32,57-58H2,1-4H3/t61?,62?,63?,64?,65-,66?/m1/s1. The minimum absolute atomic E-state index is 0.392. The largest absolute Gasteiger partial charge is 0.494 e. The minimum Gasteiger partial charge on any atom is -0.494 e. The summed E-state index contributed by atoms with van der Waals surface area (Å²) in [6.45, 7) is 10.5. The molecule has 0 saturated heterocycles. The van der Waals surface area contributed by atoms with Gasteiger partial charge >= 0.3 is 11.9 Å². The van der Waals surface area contributed by atoms with Crippen molar-refractivity contribution in [3.8, 4) is 56.4 Å². The zero-order chi connectivity index (χ0) is 64.6. The molecule has 6 heteroatoms. The summed E-state index contributed by atoms with van der Waals surface area (Å²) in [7, 11) is 0. The zero-order valence-corrected chi connectivity index (χ0v) is 56.9. The summed E-state index contributed by atoms with van der Waals surface area (Å²) in [5.41, 5.74) is 11.6. The first-order valence-corrected chi connectivity index (χ1v) is 36.9. The number of benzene rings is 8. The average Bonchev–Trinajstić information content (AvgIpc) is 0.750. The fourth-order valence-electron chi connectivity index (χ4n) is 16.3. The van der Waals surface area contributed by atoms with Crippen molar-refractivity contribution in [3.63, 3.8) is 0 Å². The van der Waals surface area contributed by atoms with E-state index in [4.69, 9.17) is 18.9 Å². The van der Waals surface area contributed by atoms with Gasteiger partial charge in [-0.15, -0.1) is 0 Å². The molecule has 0 bridgehead atoms. The third-order valence-corrected chi connectivity index (χ3v) is 21.9. The first-order chi connectivity index (χ1) is 46.2. The van der Waals surface area contributed by atoms with Crippen molar-refractivity contribution >= 4 is 44.6 Å². The molecule has 6 nitrogen and oxygen atoms in total. The third kappa shape index (κ3) is 16.5. The fourth-order valence-corrected chi connectivity index (χ4v) is 16.3. The number of rotatable bonds is 27. The van der Waals surface area contributed by atoms with E-state index in [2.05, 4.69) is 113 Å². The van der Waals surface area contributed by atoms with Crippen LogP contribution in [0, 0.1) is 35.5 Å². The first-order valence-electron chi connectivity index (χ1n) is 36.9. The van der Waals surface area contributed by atoms with Gasteiger partial charge in [0.05, 0.1) is 24.3 Å². The van der Waals surface area contributed by atoms with Gasteiger partial charge in [0.25, 0.3) is 0 Å². The molecule has 94 heavy (non-hydrogen) atoms. The summed E-state index contributed by atoms with van der Waals surface area (Å²) in [4.78, 5) is 29.6. The lowest BCUT2D eigenvalue weighted by Crippen LogP contribution is -2.23. The first kappa shape index (κ1) is 66.3. The van der Waals surface area contributed by atoms with Gasteiger partial charge in [-0.2, -0.15) is 0 Å². The Morgan fingerprint density at radius 2 is 0.734 bits per heavy atom. The van der Waals surface area contributed by atoms with Crippen LogP contribution in [0.3, 0.4) is 0 Å². The van der Waals surface area contributed by atoms with Crippen LogP contribution in [0.2, 0.25) is 0 Å². The van der Waals surface area contributed by atoms with E-state index in [0.29, 0.717) is 47.0 Å². The topological polar surface area (TPSA) is 71.1 Å². The molecule has 0 aliphatic heterocycles. The number of hydrogen-bond donors (Lipinski definition) is 0. The molecule has 0 aromatic heterocycles. The van der Waals surface area contributed by atoms with Crippen LogP contribution in [0.4, 0.5) is 0 Å². The van der Waals surface area contributed by atoms with Crippen LogP contribution in [0.25, 0.3) is 66.1 Å². The van der Waals surface area contributed by atoms with E-state index in [9.17, 15) is 9.59 Å². The maximum absolute atomic E-state index is 14.8. The molecular weight excluding hydrogens is 1150 g/mol. The number of ether oxygens (including phenoxy) is 4. The fraction of sp³-hybridized carbons (Fsp3) is 0.432. The highest BCUT2D eigenvalue weighted by atomic mass is 16.5. The minimum atomic E-state index is -0.473. The zero-order valence-electron chi connectivity index (χ0n) is 56.9. The number of carbonyl (C=O) groups is 2. The van der Waals surface area contributed by atoms with Crippen LogP contribution in [0.5, 0.6) is 23.0 Å². The summed E-state index contributed by atoms with van der Waals surface area (Å²) in [5, 5.41) is 3.87. The summed E-state index contributed by atoms with van der Waals surface area (Å²) < 4.78 is 25.5. The Hall–Kier alpha value is -7.70. The summed E-state index contributed by atoms with van der Waals surface area (Å²) in [6.07, 6.45) is 37.6. The van der Waals surface area contributed by atoms with Gasteiger partial charge in [-0.3, -0.25) is 0 Å². The monoisotopic (exact) mass is 1250 g/mol. The van der Waals surface area contributed by atoms with Crippen LogP contribution in [-0.4, -0.2) is 25.2 Å². The van der Waals surface area contributed by atoms with E-state index in [1.165, 1.54) is 151 Å². The molecule has 4 aliphatic carbocycles. The summed E-state index contributed by atoms with van der Waals surface area (Å²) >= 11 is 0. The number of fused-ring (bicyclic) bond motifs is 2. The Labute approximate surface area is 562 Å². The van der Waals surface area contributed by atoms with E-state index in [0.717, 1.165) is 129 Å². The van der Waals surface area contributed by atoms with Crippen molar-refractivity contribution < 1.29 is 28.5 Å². The Balaban J connectivity index is 0.881. The summed E-state index contributed by atoms with van der Waals surface area (Å²) in [5.74, 6) is 6.55. The number of allylic oxidation sites excluding steroid dienone is 4. The van der Waals surface area contributed by atoms with E-state index < -0.39 is 11.9 Å². The van der Waals surface area contributed by atoms with Gasteiger partial charge in [-0.05, 0) is 251 Å². The molecule has 8 aromatic carbocycles. The lowest BCUT2D eigenvalue weighted by Gasteiger charge is -2.35. The summed E-state index contributed by atoms with van der Waals surface area (Å²) in [6, 6.07) is 53.4. The van der Waals surface area contributed by atoms with Gasteiger partial charge in [-0.25, -0.2) is 9.59 Å². The van der Waals surface area contributed by atoms with Gasteiger partial charge in [0, 0.05) is 11.1 Å². The molecule has 4 aliphatic rings. The SMILES string of the molecule is CCCCCCOc1ccc(-c2ccc(C(=O)Oc3ccc4cc(C5=CCC(C6CCC(CCC)CC6)CC5)ccc4c3-c3c(OC(=O)c4ccc(-c5ccc(OCCCCCC)cc5)cc4)ccc4cc(C5=CC[C@@H](C6CCC(CCC)CC6)CC5)ccc34)cc2)cc1. The number of esters is 2. The highest BCUT2D eigenvalue weighted by Gasteiger charge is 2.31. The van der Waals surface area contributed by atoms with Crippen LogP contribution >= 0.6 is 0 Å². The lowest BCUT2D eigenvalue weighted by atomic mass is 9.70. The average molecular weight is 1260 g/mol. The van der Waals surface area contributed by atoms with Crippen molar-refractivity contribution in [2.45, 2.75) is 195 Å². The molecule has 0 radical (unpaired) electrons. The van der Waals surface area contributed by atoms with Crippen molar-refractivity contribution in [3.05, 3.63) is 192 Å². The van der Waals surface area contributed by atoms with Crippen LogP contribution < -0.4 is 18.9 Å². The Morgan fingerprint density at radius 3 is 1.09 bits per heavy atom. The molecule has 490 valence electrons. The van der Waals surface area contributed by atoms with Crippen molar-refractivity contribution in [2.24, 2.45) is 35.5 Å². The van der Waals surface area contributed by atoms with Gasteiger partial charge in [0.1, 0.15) is 23.0 Å². The third-order valence-electron chi connectivity index (χ3n) is 21.9. The molecule has 12 rings (SSSR count). The Bertz CT molecular complexity index is 3600.